The highest BCUT2D eigenvalue weighted by atomic mass is 16.4. The van der Waals surface area contributed by atoms with Gasteiger partial charge in [-0.15, -0.1) is 0 Å². The SMILES string of the molecule is O=C(O)C1(c2nccc(C3CCCCC3)n2)CCC1. The Morgan fingerprint density at radius 1 is 1.21 bits per heavy atom. The van der Waals surface area contributed by atoms with Crippen molar-refractivity contribution in [2.45, 2.75) is 62.7 Å². The molecule has 2 aliphatic carbocycles. The number of aliphatic carboxylic acids is 1. The van der Waals surface area contributed by atoms with E-state index in [1.54, 1.807) is 6.20 Å². The lowest BCUT2D eigenvalue weighted by atomic mass is 9.68. The van der Waals surface area contributed by atoms with E-state index < -0.39 is 11.4 Å². The van der Waals surface area contributed by atoms with E-state index in [0.717, 1.165) is 12.1 Å². The maximum absolute atomic E-state index is 11.5. The third-order valence-corrected chi connectivity index (χ3v) is 4.75. The molecule has 0 radical (unpaired) electrons. The van der Waals surface area contributed by atoms with Crippen LogP contribution < -0.4 is 0 Å². The van der Waals surface area contributed by atoms with Gasteiger partial charge in [0.25, 0.3) is 0 Å². The molecule has 1 N–H and O–H groups in total. The standard InChI is InChI=1S/C15H20N2O2/c18-14(19)15(8-4-9-15)13-16-10-7-12(17-13)11-5-2-1-3-6-11/h7,10-11H,1-6,8-9H2,(H,18,19). The summed E-state index contributed by atoms with van der Waals surface area (Å²) in [6.45, 7) is 0. The summed E-state index contributed by atoms with van der Waals surface area (Å²) in [4.78, 5) is 20.4. The lowest BCUT2D eigenvalue weighted by Gasteiger charge is -2.36. The second kappa shape index (κ2) is 4.91. The first-order chi connectivity index (χ1) is 9.22. The van der Waals surface area contributed by atoms with Gasteiger partial charge in [0.2, 0.25) is 0 Å². The predicted octanol–water partition coefficient (Wildman–Crippen LogP) is 3.03. The van der Waals surface area contributed by atoms with Crippen molar-refractivity contribution in [3.63, 3.8) is 0 Å². The first-order valence-electron chi connectivity index (χ1n) is 7.29. The summed E-state index contributed by atoms with van der Waals surface area (Å²) in [5.41, 5.74) is 0.252. The van der Waals surface area contributed by atoms with Crippen LogP contribution in [0.15, 0.2) is 12.3 Å². The zero-order valence-corrected chi connectivity index (χ0v) is 11.1. The molecule has 2 aliphatic rings. The van der Waals surface area contributed by atoms with Crippen molar-refractivity contribution in [3.05, 3.63) is 23.8 Å². The summed E-state index contributed by atoms with van der Waals surface area (Å²) < 4.78 is 0. The van der Waals surface area contributed by atoms with Gasteiger partial charge in [0.15, 0.2) is 0 Å². The van der Waals surface area contributed by atoms with E-state index in [1.165, 1.54) is 32.1 Å². The van der Waals surface area contributed by atoms with Gasteiger partial charge in [0.1, 0.15) is 11.2 Å². The molecule has 102 valence electrons. The Kier molecular flexibility index (Phi) is 3.25. The van der Waals surface area contributed by atoms with Crippen LogP contribution in [0.4, 0.5) is 0 Å². The maximum atomic E-state index is 11.5. The highest BCUT2D eigenvalue weighted by Crippen LogP contribution is 2.43. The zero-order chi connectivity index (χ0) is 13.3. The van der Waals surface area contributed by atoms with Gasteiger partial charge < -0.3 is 5.11 Å². The fourth-order valence-electron chi connectivity index (χ4n) is 3.29. The molecular weight excluding hydrogens is 240 g/mol. The van der Waals surface area contributed by atoms with Crippen LogP contribution >= 0.6 is 0 Å². The third kappa shape index (κ3) is 2.13. The lowest BCUT2D eigenvalue weighted by Crippen LogP contribution is -2.44. The molecule has 1 heterocycles. The van der Waals surface area contributed by atoms with Crippen LogP contribution in [-0.4, -0.2) is 21.0 Å². The Hall–Kier alpha value is -1.45. The van der Waals surface area contributed by atoms with E-state index in [4.69, 9.17) is 0 Å². The molecule has 2 fully saturated rings. The number of aromatic nitrogens is 2. The third-order valence-electron chi connectivity index (χ3n) is 4.75. The zero-order valence-electron chi connectivity index (χ0n) is 11.1. The van der Waals surface area contributed by atoms with Gasteiger partial charge in [0, 0.05) is 17.8 Å². The molecule has 3 rings (SSSR count). The van der Waals surface area contributed by atoms with Gasteiger partial charge in [-0.2, -0.15) is 0 Å². The van der Waals surface area contributed by atoms with Crippen molar-refractivity contribution in [1.29, 1.82) is 0 Å². The van der Waals surface area contributed by atoms with Crippen LogP contribution in [0.1, 0.15) is 68.8 Å². The van der Waals surface area contributed by atoms with Gasteiger partial charge >= 0.3 is 5.97 Å². The average molecular weight is 260 g/mol. The molecule has 0 atom stereocenters. The topological polar surface area (TPSA) is 63.1 Å². The smallest absolute Gasteiger partial charge is 0.317 e. The minimum Gasteiger partial charge on any atom is -0.480 e. The van der Waals surface area contributed by atoms with Crippen LogP contribution in [0.3, 0.4) is 0 Å². The monoisotopic (exact) mass is 260 g/mol. The molecule has 4 heteroatoms. The van der Waals surface area contributed by atoms with Crippen molar-refractivity contribution in [2.75, 3.05) is 0 Å². The minimum atomic E-state index is -0.801. The first kappa shape index (κ1) is 12.6. The quantitative estimate of drug-likeness (QED) is 0.907. The molecule has 4 nitrogen and oxygen atoms in total. The van der Waals surface area contributed by atoms with E-state index in [0.29, 0.717) is 24.6 Å². The molecule has 0 aromatic carbocycles. The molecule has 1 aromatic rings. The van der Waals surface area contributed by atoms with Crippen LogP contribution in [0, 0.1) is 0 Å². The van der Waals surface area contributed by atoms with E-state index >= 15 is 0 Å². The Morgan fingerprint density at radius 3 is 2.53 bits per heavy atom. The maximum Gasteiger partial charge on any atom is 0.317 e. The summed E-state index contributed by atoms with van der Waals surface area (Å²) in [7, 11) is 0. The van der Waals surface area contributed by atoms with Crippen LogP contribution in [-0.2, 0) is 10.2 Å². The Bertz CT molecular complexity index is 477. The van der Waals surface area contributed by atoms with Crippen molar-refractivity contribution in [3.8, 4) is 0 Å². The molecule has 0 saturated heterocycles. The van der Waals surface area contributed by atoms with E-state index in [-0.39, 0.29) is 0 Å². The van der Waals surface area contributed by atoms with Gasteiger partial charge in [0.05, 0.1) is 0 Å². The first-order valence-corrected chi connectivity index (χ1v) is 7.29. The predicted molar refractivity (Wildman–Crippen MR) is 71.0 cm³/mol. The second-order valence-corrected chi connectivity index (χ2v) is 5.88. The lowest BCUT2D eigenvalue weighted by molar-refractivity contribution is -0.147. The van der Waals surface area contributed by atoms with Gasteiger partial charge in [-0.25, -0.2) is 9.97 Å². The minimum absolute atomic E-state index is 0.501. The summed E-state index contributed by atoms with van der Waals surface area (Å²) in [6, 6.07) is 1.97. The van der Waals surface area contributed by atoms with Crippen LogP contribution in [0.2, 0.25) is 0 Å². The molecule has 0 aliphatic heterocycles. The largest absolute Gasteiger partial charge is 0.480 e. The fraction of sp³-hybridized carbons (Fsp3) is 0.667. The fourth-order valence-corrected chi connectivity index (χ4v) is 3.29. The highest BCUT2D eigenvalue weighted by molar-refractivity contribution is 5.81. The Labute approximate surface area is 113 Å². The number of carboxylic acids is 1. The summed E-state index contributed by atoms with van der Waals surface area (Å²) in [5, 5.41) is 9.46. The van der Waals surface area contributed by atoms with E-state index in [9.17, 15) is 9.90 Å². The number of hydrogen-bond donors (Lipinski definition) is 1. The van der Waals surface area contributed by atoms with Crippen molar-refractivity contribution < 1.29 is 9.90 Å². The molecule has 0 spiro atoms. The van der Waals surface area contributed by atoms with E-state index in [2.05, 4.69) is 9.97 Å². The van der Waals surface area contributed by atoms with Crippen molar-refractivity contribution in [2.24, 2.45) is 0 Å². The second-order valence-electron chi connectivity index (χ2n) is 5.88. The number of carboxylic acid groups (broad SMARTS) is 1. The molecule has 1 aromatic heterocycles. The number of carbonyl (C=O) groups is 1. The highest BCUT2D eigenvalue weighted by Gasteiger charge is 2.48. The summed E-state index contributed by atoms with van der Waals surface area (Å²) in [5.74, 6) is 0.273. The Morgan fingerprint density at radius 2 is 1.95 bits per heavy atom. The number of hydrogen-bond acceptors (Lipinski definition) is 3. The molecule has 19 heavy (non-hydrogen) atoms. The van der Waals surface area contributed by atoms with Crippen molar-refractivity contribution in [1.82, 2.24) is 9.97 Å². The summed E-state index contributed by atoms with van der Waals surface area (Å²) >= 11 is 0. The van der Waals surface area contributed by atoms with Crippen molar-refractivity contribution >= 4 is 5.97 Å². The summed E-state index contributed by atoms with van der Waals surface area (Å²) in [6.07, 6.45) is 10.2. The van der Waals surface area contributed by atoms with E-state index in [1.807, 2.05) is 6.07 Å². The normalized spacial score (nSPS) is 22.7. The molecular formula is C15H20N2O2. The molecule has 0 bridgehead atoms. The van der Waals surface area contributed by atoms with Crippen LogP contribution in [0.25, 0.3) is 0 Å². The van der Waals surface area contributed by atoms with Gasteiger partial charge in [-0.1, -0.05) is 25.7 Å². The number of rotatable bonds is 3. The van der Waals surface area contributed by atoms with Crippen LogP contribution in [0.5, 0.6) is 0 Å². The van der Waals surface area contributed by atoms with Gasteiger partial charge in [-0.05, 0) is 31.7 Å². The molecule has 0 amide bonds. The van der Waals surface area contributed by atoms with Gasteiger partial charge in [-0.3, -0.25) is 4.79 Å². The Balaban J connectivity index is 1.89. The number of nitrogens with zero attached hydrogens (tertiary/aromatic N) is 2. The molecule has 2 saturated carbocycles. The molecule has 0 unspecified atom stereocenters. The average Bonchev–Trinajstić information content (AvgIpc) is 2.38.